The van der Waals surface area contributed by atoms with Crippen LogP contribution in [0.5, 0.6) is 5.75 Å². The fraction of sp³-hybridized carbons (Fsp3) is 0.316. The number of anilines is 1. The largest absolute Gasteiger partial charge is 0.495 e. The molecule has 1 N–H and O–H groups in total. The Hall–Kier alpha value is -2.25. The molecule has 0 fully saturated rings. The molecule has 0 bridgehead atoms. The van der Waals surface area contributed by atoms with Crippen molar-refractivity contribution < 1.29 is 17.9 Å². The summed E-state index contributed by atoms with van der Waals surface area (Å²) in [5.41, 5.74) is 2.04. The first kappa shape index (κ1) is 21.1. The van der Waals surface area contributed by atoms with Crippen molar-refractivity contribution in [3.63, 3.8) is 0 Å². The van der Waals surface area contributed by atoms with Gasteiger partial charge in [0.15, 0.2) is 0 Å². The number of hydrogen-bond acceptors (Lipinski definition) is 4. The highest BCUT2D eigenvalue weighted by atomic mass is 35.5. The van der Waals surface area contributed by atoms with E-state index in [4.69, 9.17) is 16.3 Å². The van der Waals surface area contributed by atoms with Crippen molar-refractivity contribution in [1.29, 1.82) is 0 Å². The molecule has 0 heterocycles. The average Bonchev–Trinajstić information content (AvgIpc) is 2.60. The predicted octanol–water partition coefficient (Wildman–Crippen LogP) is 3.13. The van der Waals surface area contributed by atoms with Gasteiger partial charge in [0.1, 0.15) is 11.8 Å². The maximum absolute atomic E-state index is 12.6. The van der Waals surface area contributed by atoms with Gasteiger partial charge >= 0.3 is 0 Å². The molecule has 0 saturated heterocycles. The number of aryl methyl sites for hydroxylation is 1. The van der Waals surface area contributed by atoms with Gasteiger partial charge < -0.3 is 10.1 Å². The van der Waals surface area contributed by atoms with Gasteiger partial charge in [-0.05, 0) is 49.2 Å². The lowest BCUT2D eigenvalue weighted by Gasteiger charge is -2.29. The van der Waals surface area contributed by atoms with Crippen LogP contribution in [0.15, 0.2) is 42.5 Å². The van der Waals surface area contributed by atoms with Crippen LogP contribution in [0.4, 0.5) is 5.69 Å². The van der Waals surface area contributed by atoms with Crippen LogP contribution in [0, 0.1) is 6.92 Å². The second-order valence-electron chi connectivity index (χ2n) is 6.25. The van der Waals surface area contributed by atoms with E-state index in [2.05, 4.69) is 5.32 Å². The minimum atomic E-state index is -3.73. The van der Waals surface area contributed by atoms with Gasteiger partial charge in [-0.1, -0.05) is 29.8 Å². The number of nitrogens with one attached hydrogen (secondary N) is 1. The van der Waals surface area contributed by atoms with Crippen LogP contribution < -0.4 is 14.4 Å². The molecular formula is C19H23ClN2O4S. The number of carbonyl (C=O) groups excluding carboxylic acids is 1. The normalized spacial score (nSPS) is 12.3. The Morgan fingerprint density at radius 2 is 1.85 bits per heavy atom. The number of nitrogens with zero attached hydrogens (tertiary/aromatic N) is 1. The summed E-state index contributed by atoms with van der Waals surface area (Å²) in [6.45, 7) is 3.65. The van der Waals surface area contributed by atoms with Crippen LogP contribution in [-0.4, -0.2) is 33.7 Å². The van der Waals surface area contributed by atoms with Gasteiger partial charge in [-0.15, -0.1) is 0 Å². The van der Waals surface area contributed by atoms with Crippen LogP contribution in [0.2, 0.25) is 5.02 Å². The molecule has 146 valence electrons. The zero-order valence-electron chi connectivity index (χ0n) is 15.7. The first-order valence-electron chi connectivity index (χ1n) is 8.29. The van der Waals surface area contributed by atoms with Crippen LogP contribution in [-0.2, 0) is 21.4 Å². The number of amides is 1. The number of halogens is 1. The van der Waals surface area contributed by atoms with Crippen molar-refractivity contribution in [2.45, 2.75) is 26.4 Å². The topological polar surface area (TPSA) is 75.7 Å². The van der Waals surface area contributed by atoms with E-state index in [0.717, 1.165) is 21.7 Å². The van der Waals surface area contributed by atoms with E-state index in [0.29, 0.717) is 16.5 Å². The fourth-order valence-corrected chi connectivity index (χ4v) is 3.99. The van der Waals surface area contributed by atoms with Gasteiger partial charge in [0, 0.05) is 11.6 Å². The molecule has 1 atom stereocenters. The van der Waals surface area contributed by atoms with Crippen LogP contribution in [0.3, 0.4) is 0 Å². The summed E-state index contributed by atoms with van der Waals surface area (Å²) >= 11 is 5.85. The molecule has 2 rings (SSSR count). The van der Waals surface area contributed by atoms with Gasteiger partial charge in [0.05, 0.1) is 19.1 Å². The standard InChI is InChI=1S/C19H23ClN2O4S/c1-13-5-10-18(26-3)17(11-13)22(27(4,24)25)14(2)19(23)21-12-15-6-8-16(20)9-7-15/h5-11,14H,12H2,1-4H3,(H,21,23). The van der Waals surface area contributed by atoms with E-state index in [1.165, 1.54) is 7.11 Å². The molecule has 2 aromatic carbocycles. The molecule has 0 aliphatic rings. The summed E-state index contributed by atoms with van der Waals surface area (Å²) in [4.78, 5) is 12.6. The van der Waals surface area contributed by atoms with Crippen molar-refractivity contribution in [2.75, 3.05) is 17.7 Å². The van der Waals surface area contributed by atoms with Gasteiger partial charge in [0.2, 0.25) is 15.9 Å². The Morgan fingerprint density at radius 1 is 1.22 bits per heavy atom. The highest BCUT2D eigenvalue weighted by Crippen LogP contribution is 2.32. The highest BCUT2D eigenvalue weighted by molar-refractivity contribution is 7.92. The van der Waals surface area contributed by atoms with E-state index >= 15 is 0 Å². The van der Waals surface area contributed by atoms with Crippen molar-refractivity contribution in [3.05, 3.63) is 58.6 Å². The van der Waals surface area contributed by atoms with E-state index < -0.39 is 22.0 Å². The Bertz CT molecular complexity index is 914. The molecule has 27 heavy (non-hydrogen) atoms. The quantitative estimate of drug-likeness (QED) is 0.760. The van der Waals surface area contributed by atoms with E-state index in [9.17, 15) is 13.2 Å². The molecule has 0 spiro atoms. The number of sulfonamides is 1. The Kier molecular flexibility index (Phi) is 6.73. The maximum atomic E-state index is 12.6. The Morgan fingerprint density at radius 3 is 2.41 bits per heavy atom. The maximum Gasteiger partial charge on any atom is 0.243 e. The zero-order valence-corrected chi connectivity index (χ0v) is 17.3. The predicted molar refractivity (Wildman–Crippen MR) is 108 cm³/mol. The number of carbonyl (C=O) groups is 1. The third-order valence-corrected chi connectivity index (χ3v) is 5.52. The lowest BCUT2D eigenvalue weighted by atomic mass is 10.2. The van der Waals surface area contributed by atoms with Gasteiger partial charge in [-0.25, -0.2) is 8.42 Å². The molecule has 6 nitrogen and oxygen atoms in total. The van der Waals surface area contributed by atoms with Crippen LogP contribution in [0.25, 0.3) is 0 Å². The number of hydrogen-bond donors (Lipinski definition) is 1. The molecule has 1 unspecified atom stereocenters. The number of benzene rings is 2. The lowest BCUT2D eigenvalue weighted by Crippen LogP contribution is -2.47. The summed E-state index contributed by atoms with van der Waals surface area (Å²) in [5.74, 6) is -0.0395. The van der Waals surface area contributed by atoms with Crippen molar-refractivity contribution >= 4 is 33.2 Å². The summed E-state index contributed by atoms with van der Waals surface area (Å²) in [7, 11) is -2.27. The second-order valence-corrected chi connectivity index (χ2v) is 8.55. The van der Waals surface area contributed by atoms with Crippen LogP contribution in [0.1, 0.15) is 18.1 Å². The average molecular weight is 411 g/mol. The van der Waals surface area contributed by atoms with Crippen molar-refractivity contribution in [3.8, 4) is 5.75 Å². The number of rotatable bonds is 7. The smallest absolute Gasteiger partial charge is 0.243 e. The molecule has 0 radical (unpaired) electrons. The minimum Gasteiger partial charge on any atom is -0.495 e. The second kappa shape index (κ2) is 8.63. The third kappa shape index (κ3) is 5.37. The highest BCUT2D eigenvalue weighted by Gasteiger charge is 2.31. The fourth-order valence-electron chi connectivity index (χ4n) is 2.69. The molecule has 0 aliphatic carbocycles. The number of ether oxygens (including phenoxy) is 1. The Labute approximate surface area is 165 Å². The SMILES string of the molecule is COc1ccc(C)cc1N(C(C)C(=O)NCc1ccc(Cl)cc1)S(C)(=O)=O. The lowest BCUT2D eigenvalue weighted by molar-refractivity contribution is -0.122. The summed E-state index contributed by atoms with van der Waals surface area (Å²) in [5, 5.41) is 3.37. The zero-order chi connectivity index (χ0) is 20.2. The number of methoxy groups -OCH3 is 1. The molecule has 0 aliphatic heterocycles. The summed E-state index contributed by atoms with van der Waals surface area (Å²) < 4.78 is 31.3. The monoisotopic (exact) mass is 410 g/mol. The van der Waals surface area contributed by atoms with Crippen molar-refractivity contribution in [2.24, 2.45) is 0 Å². The molecule has 0 saturated carbocycles. The van der Waals surface area contributed by atoms with Gasteiger partial charge in [0.25, 0.3) is 0 Å². The molecule has 2 aromatic rings. The van der Waals surface area contributed by atoms with Gasteiger partial charge in [-0.2, -0.15) is 0 Å². The molecular weight excluding hydrogens is 388 g/mol. The first-order valence-corrected chi connectivity index (χ1v) is 10.5. The molecule has 1 amide bonds. The van der Waals surface area contributed by atoms with E-state index in [1.54, 1.807) is 43.3 Å². The van der Waals surface area contributed by atoms with Crippen LogP contribution >= 0.6 is 11.6 Å². The summed E-state index contributed by atoms with van der Waals surface area (Å²) in [6, 6.07) is 11.3. The third-order valence-electron chi connectivity index (χ3n) is 4.04. The van der Waals surface area contributed by atoms with E-state index in [1.807, 2.05) is 13.0 Å². The van der Waals surface area contributed by atoms with Crippen molar-refractivity contribution in [1.82, 2.24) is 5.32 Å². The molecule has 0 aromatic heterocycles. The summed E-state index contributed by atoms with van der Waals surface area (Å²) in [6.07, 6.45) is 1.07. The Balaban J connectivity index is 2.27. The minimum absolute atomic E-state index is 0.267. The van der Waals surface area contributed by atoms with E-state index in [-0.39, 0.29) is 6.54 Å². The first-order chi connectivity index (χ1) is 12.6. The molecule has 8 heteroatoms. The van der Waals surface area contributed by atoms with Gasteiger partial charge in [-0.3, -0.25) is 9.10 Å².